The quantitative estimate of drug-likeness (QED) is 0.282. The molecule has 0 spiro atoms. The van der Waals surface area contributed by atoms with Crippen molar-refractivity contribution in [2.75, 3.05) is 13.1 Å². The van der Waals surface area contributed by atoms with E-state index in [1.807, 2.05) is 5.06 Å². The third-order valence-electron chi connectivity index (χ3n) is 10.4. The molecular formula is C39H78N2O5. The largest absolute Gasteiger partial charge is 0.167 e. The van der Waals surface area contributed by atoms with Gasteiger partial charge in [-0.05, 0) is 40.8 Å². The van der Waals surface area contributed by atoms with Gasteiger partial charge in [-0.3, -0.25) is 0 Å². The lowest BCUT2D eigenvalue weighted by Crippen LogP contribution is -2.36. The molecule has 1 N–H and O–H groups in total. The standard InChI is InChI=1S/C39H78N2O5/c1-2-4-6-8-12-16-20-24-28-32-36-39(35-31-27-23-19-15-11-7-5-3-1)41-38-34-30-26-22-18-14-10-9-13-17-21-25-29-33-37-40-42-44-46-45-43-41/h39-40H,1-38H2. The van der Waals surface area contributed by atoms with E-state index in [1.165, 1.54) is 205 Å². The highest BCUT2D eigenvalue weighted by Crippen LogP contribution is 2.22. The molecule has 1 saturated heterocycles. The van der Waals surface area contributed by atoms with Crippen LogP contribution in [0.2, 0.25) is 0 Å². The lowest BCUT2D eigenvalue weighted by molar-refractivity contribution is -0.741. The molecule has 7 heteroatoms. The summed E-state index contributed by atoms with van der Waals surface area (Å²) in [4.78, 5) is 10.7. The molecule has 2 aliphatic rings. The zero-order valence-corrected chi connectivity index (χ0v) is 30.4. The Morgan fingerprint density at radius 2 is 0.652 bits per heavy atom. The Morgan fingerprint density at radius 1 is 0.326 bits per heavy atom. The summed E-state index contributed by atoms with van der Waals surface area (Å²) < 4.78 is 0. The molecule has 0 aromatic carbocycles. The first-order valence-electron chi connectivity index (χ1n) is 20.8. The lowest BCUT2D eigenvalue weighted by atomic mass is 9.99. The number of hydroxylamine groups is 3. The van der Waals surface area contributed by atoms with Gasteiger partial charge in [-0.25, -0.2) is 0 Å². The van der Waals surface area contributed by atoms with Gasteiger partial charge < -0.3 is 0 Å². The van der Waals surface area contributed by atoms with Crippen LogP contribution in [0.3, 0.4) is 0 Å². The average molecular weight is 655 g/mol. The fourth-order valence-corrected chi connectivity index (χ4v) is 7.38. The van der Waals surface area contributed by atoms with E-state index >= 15 is 0 Å². The number of hydrogen-bond acceptors (Lipinski definition) is 7. The van der Waals surface area contributed by atoms with Crippen molar-refractivity contribution in [2.24, 2.45) is 0 Å². The maximum atomic E-state index is 5.78. The van der Waals surface area contributed by atoms with Crippen LogP contribution in [0.25, 0.3) is 0 Å². The zero-order valence-electron chi connectivity index (χ0n) is 30.4. The van der Waals surface area contributed by atoms with E-state index in [1.54, 1.807) is 0 Å². The van der Waals surface area contributed by atoms with Gasteiger partial charge in [-0.1, -0.05) is 205 Å². The SMILES string of the molecule is C1CCCCCCCCCCCC(N2CCCCCCCCCCCCCCCCNOOOOO2)CCCCCCCCCC1. The highest BCUT2D eigenvalue weighted by molar-refractivity contribution is 4.68. The van der Waals surface area contributed by atoms with Crippen LogP contribution in [0, 0.1) is 0 Å². The minimum absolute atomic E-state index is 0.332. The van der Waals surface area contributed by atoms with E-state index in [9.17, 15) is 0 Å². The van der Waals surface area contributed by atoms with Gasteiger partial charge in [-0.2, -0.15) is 10.5 Å². The third kappa shape index (κ3) is 27.6. The molecule has 1 aliphatic heterocycles. The fourth-order valence-electron chi connectivity index (χ4n) is 7.38. The van der Waals surface area contributed by atoms with Crippen LogP contribution in [-0.2, 0) is 25.1 Å². The topological polar surface area (TPSA) is 61.4 Å². The van der Waals surface area contributed by atoms with E-state index < -0.39 is 0 Å². The number of nitrogens with zero attached hydrogens (tertiary/aromatic N) is 1. The summed E-state index contributed by atoms with van der Waals surface area (Å²) in [7, 11) is 0. The zero-order chi connectivity index (χ0) is 32.3. The van der Waals surface area contributed by atoms with Crippen molar-refractivity contribution in [2.45, 2.75) is 237 Å². The predicted octanol–water partition coefficient (Wildman–Crippen LogP) is 12.9. The fraction of sp³-hybridized carbons (Fsp3) is 1.00. The van der Waals surface area contributed by atoms with Gasteiger partial charge in [0.1, 0.15) is 0 Å². The van der Waals surface area contributed by atoms with E-state index in [0.29, 0.717) is 6.04 Å². The average Bonchev–Trinajstić information content (AvgIpc) is 3.06. The third-order valence-corrected chi connectivity index (χ3v) is 10.4. The molecule has 0 aromatic rings. The molecule has 0 amide bonds. The van der Waals surface area contributed by atoms with Crippen molar-refractivity contribution in [3.05, 3.63) is 0 Å². The van der Waals surface area contributed by atoms with Crippen LogP contribution in [0.1, 0.15) is 231 Å². The van der Waals surface area contributed by atoms with Gasteiger partial charge in [0.25, 0.3) is 0 Å². The van der Waals surface area contributed by atoms with Crippen LogP contribution in [0.5, 0.6) is 0 Å². The summed E-state index contributed by atoms with van der Waals surface area (Å²) in [6.07, 6.45) is 48.3. The van der Waals surface area contributed by atoms with Gasteiger partial charge in [0.05, 0.1) is 0 Å². The Kier molecular flexibility index (Phi) is 31.5. The van der Waals surface area contributed by atoms with Crippen LogP contribution < -0.4 is 5.48 Å². The highest BCUT2D eigenvalue weighted by atomic mass is 17.8. The van der Waals surface area contributed by atoms with Crippen molar-refractivity contribution in [1.29, 1.82) is 0 Å². The number of nitrogens with one attached hydrogen (secondary N) is 1. The molecule has 7 nitrogen and oxygen atoms in total. The van der Waals surface area contributed by atoms with Gasteiger partial charge in [0, 0.05) is 19.1 Å². The predicted molar refractivity (Wildman–Crippen MR) is 190 cm³/mol. The molecule has 2 rings (SSSR count). The van der Waals surface area contributed by atoms with Gasteiger partial charge in [-0.15, -0.1) is 9.98 Å². The summed E-state index contributed by atoms with van der Waals surface area (Å²) in [6, 6.07) is 0.332. The van der Waals surface area contributed by atoms with E-state index in [4.69, 9.17) is 25.1 Å². The maximum Gasteiger partial charge on any atom is 0.0383 e. The summed E-state index contributed by atoms with van der Waals surface area (Å²) >= 11 is 0. The van der Waals surface area contributed by atoms with Gasteiger partial charge >= 0.3 is 0 Å². The first-order valence-corrected chi connectivity index (χ1v) is 20.8. The summed E-state index contributed by atoms with van der Waals surface area (Å²) in [5.74, 6) is 0. The molecule has 1 saturated carbocycles. The molecular weight excluding hydrogens is 576 g/mol. The Balaban J connectivity index is 1.84. The molecule has 1 heterocycles. The minimum atomic E-state index is 0.332. The van der Waals surface area contributed by atoms with Crippen LogP contribution >= 0.6 is 0 Å². The molecule has 0 radical (unpaired) electrons. The minimum Gasteiger partial charge on any atom is -0.167 e. The highest BCUT2D eigenvalue weighted by Gasteiger charge is 2.21. The molecule has 46 heavy (non-hydrogen) atoms. The maximum absolute atomic E-state index is 5.78. The van der Waals surface area contributed by atoms with E-state index in [0.717, 1.165) is 38.8 Å². The van der Waals surface area contributed by atoms with Crippen LogP contribution in [0.4, 0.5) is 0 Å². The Morgan fingerprint density at radius 3 is 1.04 bits per heavy atom. The van der Waals surface area contributed by atoms with Crippen molar-refractivity contribution in [3.63, 3.8) is 0 Å². The Bertz CT molecular complexity index is 501. The normalized spacial score (nSPS) is 25.3. The van der Waals surface area contributed by atoms with E-state index in [-0.39, 0.29) is 0 Å². The monoisotopic (exact) mass is 655 g/mol. The van der Waals surface area contributed by atoms with Crippen molar-refractivity contribution in [3.8, 4) is 0 Å². The lowest BCUT2D eigenvalue weighted by Gasteiger charge is -2.28. The second kappa shape index (κ2) is 34.6. The summed E-state index contributed by atoms with van der Waals surface area (Å²) in [5, 5.41) is 16.6. The summed E-state index contributed by atoms with van der Waals surface area (Å²) in [6.45, 7) is 1.57. The molecule has 1 aliphatic carbocycles. The van der Waals surface area contributed by atoms with Gasteiger partial charge in [0.2, 0.25) is 0 Å². The molecule has 274 valence electrons. The smallest absolute Gasteiger partial charge is 0.0383 e. The molecule has 0 aromatic heterocycles. The van der Waals surface area contributed by atoms with Crippen molar-refractivity contribution in [1.82, 2.24) is 10.5 Å². The van der Waals surface area contributed by atoms with Crippen LogP contribution in [-0.4, -0.2) is 24.2 Å². The molecule has 0 unspecified atom stereocenters. The second-order valence-electron chi connectivity index (χ2n) is 14.6. The molecule has 2 fully saturated rings. The Labute approximate surface area is 285 Å². The first-order chi connectivity index (χ1) is 23.0. The molecule has 0 atom stereocenters. The summed E-state index contributed by atoms with van der Waals surface area (Å²) in [5.41, 5.74) is 2.79. The van der Waals surface area contributed by atoms with Crippen molar-refractivity contribution >= 4 is 0 Å². The van der Waals surface area contributed by atoms with Crippen molar-refractivity contribution < 1.29 is 25.1 Å². The number of hydrogen-bond donors (Lipinski definition) is 1. The molecule has 0 bridgehead atoms. The van der Waals surface area contributed by atoms with E-state index in [2.05, 4.69) is 5.48 Å². The first kappa shape index (κ1) is 41.9. The van der Waals surface area contributed by atoms with Crippen LogP contribution in [0.15, 0.2) is 0 Å². The second-order valence-corrected chi connectivity index (χ2v) is 14.6. The Hall–Kier alpha value is -0.280. The number of rotatable bonds is 1. The van der Waals surface area contributed by atoms with Gasteiger partial charge in [0.15, 0.2) is 0 Å².